The van der Waals surface area contributed by atoms with E-state index in [1.165, 1.54) is 25.7 Å². The molecule has 0 spiro atoms. The number of nitrogens with zero attached hydrogens (tertiary/aromatic N) is 1. The number of morpholine rings is 1. The van der Waals surface area contributed by atoms with Gasteiger partial charge in [-0.3, -0.25) is 5.43 Å². The molecule has 3 unspecified atom stereocenters. The van der Waals surface area contributed by atoms with Gasteiger partial charge in [0, 0.05) is 25.7 Å². The van der Waals surface area contributed by atoms with Crippen LogP contribution >= 0.6 is 0 Å². The highest BCUT2D eigenvalue weighted by Crippen LogP contribution is 2.30. The maximum atomic E-state index is 5.95. The zero-order valence-electron chi connectivity index (χ0n) is 11.0. The smallest absolute Gasteiger partial charge is 0.0608 e. The zero-order valence-corrected chi connectivity index (χ0v) is 11.0. The van der Waals surface area contributed by atoms with Crippen molar-refractivity contribution in [3.05, 3.63) is 0 Å². The third-order valence-electron chi connectivity index (χ3n) is 4.16. The predicted molar refractivity (Wildman–Crippen MR) is 69.5 cm³/mol. The van der Waals surface area contributed by atoms with Crippen molar-refractivity contribution in [2.45, 2.75) is 38.6 Å². The molecule has 0 aromatic rings. The second kappa shape index (κ2) is 6.69. The average Bonchev–Trinajstić information content (AvgIpc) is 2.37. The first kappa shape index (κ1) is 13.3. The average molecular weight is 241 g/mol. The molecule has 1 saturated carbocycles. The van der Waals surface area contributed by atoms with Gasteiger partial charge in [0.05, 0.1) is 13.2 Å². The van der Waals surface area contributed by atoms with Crippen molar-refractivity contribution >= 4 is 0 Å². The van der Waals surface area contributed by atoms with Gasteiger partial charge in [-0.1, -0.05) is 19.8 Å². The lowest BCUT2D eigenvalue weighted by Crippen LogP contribution is -2.55. The maximum absolute atomic E-state index is 5.95. The molecule has 1 saturated heterocycles. The summed E-state index contributed by atoms with van der Waals surface area (Å²) < 4.78 is 5.36. The number of ether oxygens (including phenoxy) is 1. The number of nitrogens with two attached hydrogens (primary N) is 1. The lowest BCUT2D eigenvalue weighted by atomic mass is 9.79. The molecule has 2 aliphatic rings. The highest BCUT2D eigenvalue weighted by molar-refractivity contribution is 4.82. The molecule has 0 bridgehead atoms. The van der Waals surface area contributed by atoms with E-state index in [-0.39, 0.29) is 0 Å². The fourth-order valence-electron chi connectivity index (χ4n) is 3.12. The van der Waals surface area contributed by atoms with Crippen LogP contribution in [0.3, 0.4) is 0 Å². The first-order chi connectivity index (χ1) is 8.29. The van der Waals surface area contributed by atoms with Crippen LogP contribution in [-0.2, 0) is 4.74 Å². The fourth-order valence-corrected chi connectivity index (χ4v) is 3.12. The van der Waals surface area contributed by atoms with Crippen LogP contribution in [0.1, 0.15) is 32.6 Å². The molecule has 4 nitrogen and oxygen atoms in total. The Hall–Kier alpha value is -0.160. The molecular formula is C13H27N3O. The van der Waals surface area contributed by atoms with Crippen LogP contribution < -0.4 is 11.2 Å². The molecule has 2 fully saturated rings. The summed E-state index contributed by atoms with van der Waals surface area (Å²) in [7, 11) is 0. The first-order valence-electron chi connectivity index (χ1n) is 7.08. The van der Waals surface area contributed by atoms with E-state index >= 15 is 0 Å². The van der Waals surface area contributed by atoms with Gasteiger partial charge in [0.25, 0.3) is 0 Å². The summed E-state index contributed by atoms with van der Waals surface area (Å²) in [5.41, 5.74) is 9.57. The quantitative estimate of drug-likeness (QED) is 0.770. The van der Waals surface area contributed by atoms with Gasteiger partial charge in [-0.05, 0) is 24.7 Å². The van der Waals surface area contributed by atoms with E-state index in [9.17, 15) is 0 Å². The number of nitrogens with one attached hydrogen (secondary N) is 1. The first-order valence-corrected chi connectivity index (χ1v) is 7.08. The van der Waals surface area contributed by atoms with Gasteiger partial charge in [0.2, 0.25) is 0 Å². The Kier molecular flexibility index (Phi) is 5.22. The van der Waals surface area contributed by atoms with Gasteiger partial charge in [0.1, 0.15) is 0 Å². The summed E-state index contributed by atoms with van der Waals surface area (Å²) in [4.78, 5) is 0. The minimum absolute atomic E-state index is 0.454. The highest BCUT2D eigenvalue weighted by atomic mass is 16.5. The Bertz CT molecular complexity index is 219. The number of hydrogen-bond acceptors (Lipinski definition) is 4. The molecule has 1 aliphatic heterocycles. The van der Waals surface area contributed by atoms with Crippen molar-refractivity contribution in [3.8, 4) is 0 Å². The second-order valence-electron chi connectivity index (χ2n) is 5.60. The van der Waals surface area contributed by atoms with Crippen LogP contribution in [0, 0.1) is 11.8 Å². The second-order valence-corrected chi connectivity index (χ2v) is 5.60. The molecule has 4 heteroatoms. The van der Waals surface area contributed by atoms with Gasteiger partial charge < -0.3 is 10.5 Å². The van der Waals surface area contributed by atoms with E-state index in [4.69, 9.17) is 10.5 Å². The highest BCUT2D eigenvalue weighted by Gasteiger charge is 2.27. The Morgan fingerprint density at radius 3 is 2.76 bits per heavy atom. The third-order valence-corrected chi connectivity index (χ3v) is 4.16. The summed E-state index contributed by atoms with van der Waals surface area (Å²) in [6.45, 7) is 6.76. The summed E-state index contributed by atoms with van der Waals surface area (Å²) in [6.07, 6.45) is 5.43. The van der Waals surface area contributed by atoms with E-state index < -0.39 is 0 Å². The number of hydrogen-bond donors (Lipinski definition) is 2. The zero-order chi connectivity index (χ0) is 12.1. The monoisotopic (exact) mass is 241 g/mol. The van der Waals surface area contributed by atoms with Crippen molar-refractivity contribution in [2.24, 2.45) is 17.6 Å². The molecular weight excluding hydrogens is 214 g/mol. The van der Waals surface area contributed by atoms with Gasteiger partial charge in [-0.15, -0.1) is 0 Å². The standard InChI is InChI=1S/C13H27N3O/c1-11-3-2-4-12(9-11)13(10-14)15-16-5-7-17-8-6-16/h11-13,15H,2-10,14H2,1H3. The molecule has 17 heavy (non-hydrogen) atoms. The summed E-state index contributed by atoms with van der Waals surface area (Å²) in [5, 5.41) is 2.29. The molecule has 1 heterocycles. The number of rotatable bonds is 4. The molecule has 3 N–H and O–H groups in total. The molecule has 1 aliphatic carbocycles. The van der Waals surface area contributed by atoms with E-state index in [2.05, 4.69) is 17.4 Å². The third kappa shape index (κ3) is 3.91. The molecule has 0 radical (unpaired) electrons. The minimum Gasteiger partial charge on any atom is -0.379 e. The SMILES string of the molecule is CC1CCCC(C(CN)NN2CCOCC2)C1. The van der Waals surface area contributed by atoms with Crippen molar-refractivity contribution in [2.75, 3.05) is 32.8 Å². The van der Waals surface area contributed by atoms with Crippen LogP contribution in [0.25, 0.3) is 0 Å². The Morgan fingerprint density at radius 2 is 2.12 bits per heavy atom. The van der Waals surface area contributed by atoms with Gasteiger partial charge >= 0.3 is 0 Å². The summed E-state index contributed by atoms with van der Waals surface area (Å²) in [6, 6.07) is 0.454. The van der Waals surface area contributed by atoms with Crippen LogP contribution in [0.15, 0.2) is 0 Å². The normalized spacial score (nSPS) is 33.5. The largest absolute Gasteiger partial charge is 0.379 e. The fraction of sp³-hybridized carbons (Fsp3) is 1.00. The van der Waals surface area contributed by atoms with E-state index in [0.717, 1.165) is 44.7 Å². The maximum Gasteiger partial charge on any atom is 0.0608 e. The summed E-state index contributed by atoms with van der Waals surface area (Å²) in [5.74, 6) is 1.63. The van der Waals surface area contributed by atoms with Crippen molar-refractivity contribution < 1.29 is 4.74 Å². The lowest BCUT2D eigenvalue weighted by molar-refractivity contribution is -0.00424. The molecule has 3 atom stereocenters. The lowest BCUT2D eigenvalue weighted by Gasteiger charge is -2.37. The van der Waals surface area contributed by atoms with Gasteiger partial charge in [0.15, 0.2) is 0 Å². The molecule has 0 aromatic heterocycles. The van der Waals surface area contributed by atoms with Gasteiger partial charge in [-0.2, -0.15) is 0 Å². The Balaban J connectivity index is 1.82. The minimum atomic E-state index is 0.454. The van der Waals surface area contributed by atoms with Crippen molar-refractivity contribution in [3.63, 3.8) is 0 Å². The van der Waals surface area contributed by atoms with Gasteiger partial charge in [-0.25, -0.2) is 5.01 Å². The van der Waals surface area contributed by atoms with E-state index in [1.807, 2.05) is 0 Å². The van der Waals surface area contributed by atoms with Crippen molar-refractivity contribution in [1.82, 2.24) is 10.4 Å². The molecule has 0 aromatic carbocycles. The van der Waals surface area contributed by atoms with Crippen LogP contribution in [0.2, 0.25) is 0 Å². The van der Waals surface area contributed by atoms with Crippen LogP contribution in [0.4, 0.5) is 0 Å². The molecule has 0 amide bonds. The van der Waals surface area contributed by atoms with Crippen LogP contribution in [-0.4, -0.2) is 43.9 Å². The number of hydrazine groups is 1. The molecule has 2 rings (SSSR count). The topological polar surface area (TPSA) is 50.5 Å². The van der Waals surface area contributed by atoms with E-state index in [1.54, 1.807) is 0 Å². The Morgan fingerprint density at radius 1 is 1.35 bits per heavy atom. The van der Waals surface area contributed by atoms with E-state index in [0.29, 0.717) is 6.04 Å². The molecule has 100 valence electrons. The van der Waals surface area contributed by atoms with Crippen LogP contribution in [0.5, 0.6) is 0 Å². The summed E-state index contributed by atoms with van der Waals surface area (Å²) >= 11 is 0. The van der Waals surface area contributed by atoms with Crippen molar-refractivity contribution in [1.29, 1.82) is 0 Å². The predicted octanol–water partition coefficient (Wildman–Crippen LogP) is 0.977. The Labute approximate surface area is 105 Å².